The van der Waals surface area contributed by atoms with Crippen LogP contribution in [-0.4, -0.2) is 22.2 Å². The van der Waals surface area contributed by atoms with Crippen LogP contribution in [0.4, 0.5) is 5.69 Å². The molecule has 0 unspecified atom stereocenters. The minimum Gasteiger partial charge on any atom is -0.868 e. The molecule has 3 rings (SSSR count). The zero-order chi connectivity index (χ0) is 18.7. The molecule has 0 N–H and O–H groups in total. The van der Waals surface area contributed by atoms with E-state index in [4.69, 9.17) is 20.9 Å². The van der Waals surface area contributed by atoms with Crippen molar-refractivity contribution in [3.8, 4) is 22.9 Å². The lowest BCUT2D eigenvalue weighted by Crippen LogP contribution is -1.97. The van der Waals surface area contributed by atoms with Crippen LogP contribution in [0, 0.1) is 10.1 Å². The Morgan fingerprint density at radius 3 is 2.81 bits per heavy atom. The molecular formula is C17H11ClN3O5-. The molecular weight excluding hydrogens is 362 g/mol. The number of nitro benzene ring substituents is 1. The van der Waals surface area contributed by atoms with Gasteiger partial charge in [0.15, 0.2) is 0 Å². The predicted octanol–water partition coefficient (Wildman–Crippen LogP) is 3.46. The standard InChI is InChI=1S/C17H12ClN3O5/c1-25-15-5-3-2-4-11(15)16-19-17(26-20-16)12(18)8-10-6-7-14(22)13(9-10)21(23)24/h2-9,22H,1H3/p-1/b12-8-. The van der Waals surface area contributed by atoms with Crippen molar-refractivity contribution in [1.82, 2.24) is 10.1 Å². The second kappa shape index (κ2) is 7.24. The zero-order valence-corrected chi connectivity index (χ0v) is 14.1. The first-order valence-corrected chi connectivity index (χ1v) is 7.67. The highest BCUT2D eigenvalue weighted by Crippen LogP contribution is 2.30. The molecule has 26 heavy (non-hydrogen) atoms. The highest BCUT2D eigenvalue weighted by Gasteiger charge is 2.15. The molecule has 0 saturated carbocycles. The maximum absolute atomic E-state index is 11.4. The first-order valence-electron chi connectivity index (χ1n) is 7.29. The third kappa shape index (κ3) is 3.50. The van der Waals surface area contributed by atoms with E-state index in [9.17, 15) is 15.2 Å². The second-order valence-corrected chi connectivity index (χ2v) is 5.51. The maximum atomic E-state index is 11.4. The van der Waals surface area contributed by atoms with Gasteiger partial charge in [0.05, 0.1) is 17.6 Å². The number of hydrogen-bond donors (Lipinski definition) is 0. The molecule has 132 valence electrons. The van der Waals surface area contributed by atoms with Gasteiger partial charge in [0.25, 0.3) is 11.6 Å². The number of hydrogen-bond acceptors (Lipinski definition) is 7. The van der Waals surface area contributed by atoms with Crippen LogP contribution in [0.2, 0.25) is 0 Å². The molecule has 0 aliphatic rings. The number of rotatable bonds is 5. The topological polar surface area (TPSA) is 114 Å². The van der Waals surface area contributed by atoms with Gasteiger partial charge < -0.3 is 14.4 Å². The van der Waals surface area contributed by atoms with Crippen LogP contribution in [0.25, 0.3) is 22.5 Å². The number of methoxy groups -OCH3 is 1. The molecule has 0 aliphatic heterocycles. The van der Waals surface area contributed by atoms with Gasteiger partial charge in [-0.1, -0.05) is 41.0 Å². The molecule has 3 aromatic rings. The monoisotopic (exact) mass is 372 g/mol. The Bertz CT molecular complexity index is 1000. The molecule has 0 atom stereocenters. The van der Waals surface area contributed by atoms with Crippen LogP contribution in [0.3, 0.4) is 0 Å². The van der Waals surface area contributed by atoms with Crippen LogP contribution < -0.4 is 9.84 Å². The first-order chi connectivity index (χ1) is 12.5. The van der Waals surface area contributed by atoms with Crippen molar-refractivity contribution in [2.75, 3.05) is 7.11 Å². The first kappa shape index (κ1) is 17.4. The number of nitrogens with zero attached hydrogens (tertiary/aromatic N) is 3. The summed E-state index contributed by atoms with van der Waals surface area (Å²) in [5.74, 6) is 0.201. The molecule has 1 heterocycles. The Labute approximate surface area is 152 Å². The fourth-order valence-corrected chi connectivity index (χ4v) is 2.44. The molecule has 0 aliphatic carbocycles. The van der Waals surface area contributed by atoms with E-state index in [0.29, 0.717) is 16.9 Å². The molecule has 0 bridgehead atoms. The third-order valence-corrected chi connectivity index (χ3v) is 3.72. The minimum absolute atomic E-state index is 0.0291. The van der Waals surface area contributed by atoms with Gasteiger partial charge in [-0.3, -0.25) is 10.1 Å². The van der Waals surface area contributed by atoms with Gasteiger partial charge in [0.2, 0.25) is 5.82 Å². The van der Waals surface area contributed by atoms with Crippen molar-refractivity contribution in [2.45, 2.75) is 0 Å². The summed E-state index contributed by atoms with van der Waals surface area (Å²) in [7, 11) is 1.53. The van der Waals surface area contributed by atoms with Crippen LogP contribution in [0.1, 0.15) is 11.5 Å². The van der Waals surface area contributed by atoms with E-state index in [0.717, 1.165) is 12.1 Å². The number of para-hydroxylation sites is 1. The average Bonchev–Trinajstić information content (AvgIpc) is 3.13. The highest BCUT2D eigenvalue weighted by molar-refractivity contribution is 6.50. The van der Waals surface area contributed by atoms with E-state index >= 15 is 0 Å². The quantitative estimate of drug-likeness (QED) is 0.497. The van der Waals surface area contributed by atoms with E-state index in [1.807, 2.05) is 6.07 Å². The summed E-state index contributed by atoms with van der Waals surface area (Å²) < 4.78 is 10.4. The number of aromatic nitrogens is 2. The Morgan fingerprint density at radius 1 is 1.31 bits per heavy atom. The van der Waals surface area contributed by atoms with Crippen molar-refractivity contribution < 1.29 is 19.3 Å². The van der Waals surface area contributed by atoms with Crippen molar-refractivity contribution in [3.05, 3.63) is 64.0 Å². The molecule has 0 saturated heterocycles. The Kier molecular flexibility index (Phi) is 4.85. The third-order valence-electron chi connectivity index (χ3n) is 3.45. The summed E-state index contributed by atoms with van der Waals surface area (Å²) in [6.45, 7) is 0. The summed E-state index contributed by atoms with van der Waals surface area (Å²) in [5.41, 5.74) is 0.447. The Hall–Kier alpha value is -3.39. The van der Waals surface area contributed by atoms with Gasteiger partial charge in [-0.05, 0) is 29.5 Å². The average molecular weight is 373 g/mol. The number of ether oxygens (including phenoxy) is 1. The summed E-state index contributed by atoms with van der Waals surface area (Å²) in [6.07, 6.45) is 1.40. The lowest BCUT2D eigenvalue weighted by atomic mass is 10.1. The van der Waals surface area contributed by atoms with Crippen molar-refractivity contribution in [2.24, 2.45) is 0 Å². The number of benzene rings is 2. The van der Waals surface area contributed by atoms with Crippen LogP contribution in [0.5, 0.6) is 11.5 Å². The molecule has 0 amide bonds. The molecule has 2 aromatic carbocycles. The second-order valence-electron chi connectivity index (χ2n) is 5.10. The van der Waals surface area contributed by atoms with Crippen LogP contribution in [0.15, 0.2) is 47.0 Å². The summed E-state index contributed by atoms with van der Waals surface area (Å²) in [5, 5.41) is 26.2. The van der Waals surface area contributed by atoms with Gasteiger partial charge in [0.1, 0.15) is 10.8 Å². The summed E-state index contributed by atoms with van der Waals surface area (Å²) in [6, 6.07) is 10.8. The van der Waals surface area contributed by atoms with E-state index in [1.54, 1.807) is 18.2 Å². The van der Waals surface area contributed by atoms with E-state index in [-0.39, 0.29) is 16.7 Å². The number of halogens is 1. The predicted molar refractivity (Wildman–Crippen MR) is 92.6 cm³/mol. The van der Waals surface area contributed by atoms with E-state index in [2.05, 4.69) is 10.1 Å². The van der Waals surface area contributed by atoms with E-state index in [1.165, 1.54) is 19.3 Å². The Morgan fingerprint density at radius 2 is 2.08 bits per heavy atom. The SMILES string of the molecule is COc1ccccc1-c1noc(/C(Cl)=C/c2ccc([O-])c([N+](=O)[O-])c2)n1. The smallest absolute Gasteiger partial charge is 0.269 e. The van der Waals surface area contributed by atoms with Gasteiger partial charge in [0, 0.05) is 6.07 Å². The fourth-order valence-electron chi connectivity index (χ4n) is 2.23. The lowest BCUT2D eigenvalue weighted by Gasteiger charge is -2.06. The van der Waals surface area contributed by atoms with E-state index < -0.39 is 16.4 Å². The molecule has 0 spiro atoms. The maximum Gasteiger partial charge on any atom is 0.269 e. The highest BCUT2D eigenvalue weighted by atomic mass is 35.5. The lowest BCUT2D eigenvalue weighted by molar-refractivity contribution is -0.398. The van der Waals surface area contributed by atoms with Crippen LogP contribution >= 0.6 is 11.6 Å². The summed E-state index contributed by atoms with van der Waals surface area (Å²) in [4.78, 5) is 14.3. The normalized spacial score (nSPS) is 11.4. The van der Waals surface area contributed by atoms with Gasteiger partial charge in [-0.15, -0.1) is 0 Å². The summed E-state index contributed by atoms with van der Waals surface area (Å²) >= 11 is 6.17. The zero-order valence-electron chi connectivity index (χ0n) is 13.4. The largest absolute Gasteiger partial charge is 0.868 e. The van der Waals surface area contributed by atoms with Gasteiger partial charge in [-0.2, -0.15) is 4.98 Å². The number of nitro groups is 1. The van der Waals surface area contributed by atoms with Gasteiger partial charge in [-0.25, -0.2) is 0 Å². The molecule has 0 radical (unpaired) electrons. The fraction of sp³-hybridized carbons (Fsp3) is 0.0588. The molecule has 9 heteroatoms. The Balaban J connectivity index is 1.93. The van der Waals surface area contributed by atoms with Gasteiger partial charge >= 0.3 is 0 Å². The minimum atomic E-state index is -0.750. The molecule has 1 aromatic heterocycles. The molecule has 8 nitrogen and oxygen atoms in total. The van der Waals surface area contributed by atoms with Crippen LogP contribution in [-0.2, 0) is 0 Å². The van der Waals surface area contributed by atoms with Crippen molar-refractivity contribution >= 4 is 28.4 Å². The van der Waals surface area contributed by atoms with Crippen molar-refractivity contribution in [1.29, 1.82) is 0 Å². The molecule has 0 fully saturated rings. The van der Waals surface area contributed by atoms with Crippen molar-refractivity contribution in [3.63, 3.8) is 0 Å².